The van der Waals surface area contributed by atoms with Gasteiger partial charge in [0.2, 0.25) is 0 Å². The number of carbonyl (C=O) groups excluding carboxylic acids is 1. The van der Waals surface area contributed by atoms with Crippen molar-refractivity contribution in [2.45, 2.75) is 71.4 Å². The first kappa shape index (κ1) is 28.3. The van der Waals surface area contributed by atoms with Crippen LogP contribution in [0.4, 0.5) is 16.2 Å². The van der Waals surface area contributed by atoms with Crippen LogP contribution >= 0.6 is 0 Å². The molecule has 1 saturated carbocycles. The lowest BCUT2D eigenvalue weighted by Gasteiger charge is -2.52. The number of carbonyl (C=O) groups is 1. The maximum atomic E-state index is 12.4. The molecule has 0 radical (unpaired) electrons. The van der Waals surface area contributed by atoms with Crippen LogP contribution in [0.3, 0.4) is 0 Å². The molecule has 1 amide bonds. The molecule has 8 heteroatoms. The van der Waals surface area contributed by atoms with Crippen molar-refractivity contribution in [3.05, 3.63) is 65.0 Å². The lowest BCUT2D eigenvalue weighted by molar-refractivity contribution is -0.0431. The van der Waals surface area contributed by atoms with Crippen LogP contribution in [-0.4, -0.2) is 65.4 Å². The van der Waals surface area contributed by atoms with Crippen molar-refractivity contribution in [3.8, 4) is 17.2 Å². The number of aryl methyl sites for hydroxylation is 3. The Kier molecular flexibility index (Phi) is 7.05. The fourth-order valence-electron chi connectivity index (χ4n) is 6.29. The molecular weight excluding hydrogens is 526 g/mol. The minimum atomic E-state index is -0.472. The first-order chi connectivity index (χ1) is 20.0. The zero-order valence-electron chi connectivity index (χ0n) is 25.6. The summed E-state index contributed by atoms with van der Waals surface area (Å²) in [6.45, 7) is 16.2. The number of aromatic nitrogens is 1. The maximum absolute atomic E-state index is 12.4. The molecule has 3 aliphatic rings. The molecule has 3 heterocycles. The number of anilines is 2. The van der Waals surface area contributed by atoms with Crippen LogP contribution < -0.4 is 4.90 Å². The van der Waals surface area contributed by atoms with Crippen LogP contribution in [0.25, 0.3) is 11.1 Å². The highest BCUT2D eigenvalue weighted by Crippen LogP contribution is 2.48. The summed E-state index contributed by atoms with van der Waals surface area (Å²) in [4.78, 5) is 19.1. The molecule has 6 rings (SSSR count). The van der Waals surface area contributed by atoms with E-state index in [-0.39, 0.29) is 11.5 Å². The second-order valence-electron chi connectivity index (χ2n) is 13.4. The van der Waals surface area contributed by atoms with Gasteiger partial charge in [0.05, 0.1) is 17.2 Å². The van der Waals surface area contributed by atoms with Gasteiger partial charge >= 0.3 is 6.09 Å². The lowest BCUT2D eigenvalue weighted by Crippen LogP contribution is -2.67. The molecule has 3 aromatic rings. The van der Waals surface area contributed by atoms with Crippen LogP contribution in [0.2, 0.25) is 0 Å². The van der Waals surface area contributed by atoms with Gasteiger partial charge in [-0.25, -0.2) is 4.79 Å². The molecule has 1 aromatic heterocycles. The van der Waals surface area contributed by atoms with Crippen LogP contribution in [-0.2, 0) is 10.2 Å². The number of benzene rings is 2. The summed E-state index contributed by atoms with van der Waals surface area (Å²) < 4.78 is 11.0. The Bertz CT molecular complexity index is 1490. The molecule has 0 atom stereocenters. The van der Waals surface area contributed by atoms with E-state index in [4.69, 9.17) is 9.26 Å². The fourth-order valence-corrected chi connectivity index (χ4v) is 6.29. The van der Waals surface area contributed by atoms with Crippen molar-refractivity contribution in [2.75, 3.05) is 37.6 Å². The zero-order chi connectivity index (χ0) is 29.8. The van der Waals surface area contributed by atoms with Gasteiger partial charge in [0.15, 0.2) is 0 Å². The molecule has 0 unspecified atom stereocenters. The van der Waals surface area contributed by atoms with Gasteiger partial charge < -0.3 is 19.1 Å². The Balaban J connectivity index is 1.20. The number of ether oxygens (including phenoxy) is 1. The van der Waals surface area contributed by atoms with Gasteiger partial charge in [-0.1, -0.05) is 29.4 Å². The van der Waals surface area contributed by atoms with Crippen LogP contribution in [0.1, 0.15) is 56.2 Å². The van der Waals surface area contributed by atoms with Crippen molar-refractivity contribution in [1.82, 2.24) is 15.0 Å². The second-order valence-corrected chi connectivity index (χ2v) is 13.4. The highest BCUT2D eigenvalue weighted by Gasteiger charge is 2.45. The molecule has 3 fully saturated rings. The van der Waals surface area contributed by atoms with Crippen molar-refractivity contribution in [2.24, 2.45) is 5.92 Å². The van der Waals surface area contributed by atoms with E-state index in [2.05, 4.69) is 70.4 Å². The SMILES string of the molecule is Cc1ccc(-c2c(C)noc2C)cc1N(CC1CN(C2CN(C(=O)OC(C)(C)C)C2)C1)c1ccc(C2(C#N)CC2)cc1. The topological polar surface area (TPSA) is 85.8 Å². The van der Waals surface area contributed by atoms with Crippen molar-refractivity contribution < 1.29 is 14.1 Å². The summed E-state index contributed by atoms with van der Waals surface area (Å²) in [5.41, 5.74) is 6.88. The second kappa shape index (κ2) is 10.5. The molecule has 0 spiro atoms. The summed E-state index contributed by atoms with van der Waals surface area (Å²) in [5, 5.41) is 13.9. The summed E-state index contributed by atoms with van der Waals surface area (Å²) in [5.74, 6) is 1.32. The molecular formula is C34H41N5O3. The molecule has 0 bridgehead atoms. The Morgan fingerprint density at radius 2 is 1.79 bits per heavy atom. The number of amides is 1. The number of hydrogen-bond acceptors (Lipinski definition) is 7. The first-order valence-corrected chi connectivity index (χ1v) is 15.0. The van der Waals surface area contributed by atoms with Gasteiger partial charge in [-0.3, -0.25) is 4.90 Å². The molecule has 1 aliphatic carbocycles. The average molecular weight is 568 g/mol. The Hall–Kier alpha value is -3.83. The number of likely N-dealkylation sites (tertiary alicyclic amines) is 2. The summed E-state index contributed by atoms with van der Waals surface area (Å²) in [6, 6.07) is 18.1. The van der Waals surface area contributed by atoms with E-state index in [0.717, 1.165) is 79.4 Å². The van der Waals surface area contributed by atoms with Crippen LogP contribution in [0.5, 0.6) is 0 Å². The van der Waals surface area contributed by atoms with E-state index < -0.39 is 5.60 Å². The van der Waals surface area contributed by atoms with E-state index in [1.807, 2.05) is 34.6 Å². The van der Waals surface area contributed by atoms with Gasteiger partial charge in [-0.2, -0.15) is 5.26 Å². The van der Waals surface area contributed by atoms with Crippen molar-refractivity contribution in [1.29, 1.82) is 5.26 Å². The lowest BCUT2D eigenvalue weighted by atomic mass is 9.92. The monoisotopic (exact) mass is 567 g/mol. The third-order valence-electron chi connectivity index (χ3n) is 8.97. The third-order valence-corrected chi connectivity index (χ3v) is 8.97. The van der Waals surface area contributed by atoms with E-state index in [1.54, 1.807) is 4.90 Å². The molecule has 42 heavy (non-hydrogen) atoms. The first-order valence-electron chi connectivity index (χ1n) is 15.0. The predicted molar refractivity (Wildman–Crippen MR) is 163 cm³/mol. The van der Waals surface area contributed by atoms with Crippen molar-refractivity contribution >= 4 is 17.5 Å². The van der Waals surface area contributed by atoms with Gasteiger partial charge in [-0.15, -0.1) is 0 Å². The molecule has 0 N–H and O–H groups in total. The Morgan fingerprint density at radius 3 is 2.36 bits per heavy atom. The number of nitriles is 1. The predicted octanol–water partition coefficient (Wildman–Crippen LogP) is 6.51. The number of rotatable bonds is 7. The van der Waals surface area contributed by atoms with Crippen LogP contribution in [0, 0.1) is 38.0 Å². The van der Waals surface area contributed by atoms with Gasteiger partial charge in [0, 0.05) is 61.6 Å². The van der Waals surface area contributed by atoms with E-state index >= 15 is 0 Å². The quantitative estimate of drug-likeness (QED) is 0.322. The summed E-state index contributed by atoms with van der Waals surface area (Å²) in [7, 11) is 0. The Morgan fingerprint density at radius 1 is 1.10 bits per heavy atom. The Labute approximate surface area is 248 Å². The highest BCUT2D eigenvalue weighted by molar-refractivity contribution is 5.76. The summed E-state index contributed by atoms with van der Waals surface area (Å²) >= 11 is 0. The molecule has 2 aliphatic heterocycles. The normalized spacial score (nSPS) is 18.6. The largest absolute Gasteiger partial charge is 0.444 e. The minimum absolute atomic E-state index is 0.219. The number of hydrogen-bond donors (Lipinski definition) is 0. The average Bonchev–Trinajstić information content (AvgIpc) is 3.62. The van der Waals surface area contributed by atoms with E-state index in [1.165, 1.54) is 11.3 Å². The van der Waals surface area contributed by atoms with E-state index in [0.29, 0.717) is 12.0 Å². The third kappa shape index (κ3) is 5.38. The minimum Gasteiger partial charge on any atom is -0.444 e. The molecule has 8 nitrogen and oxygen atoms in total. The maximum Gasteiger partial charge on any atom is 0.410 e. The van der Waals surface area contributed by atoms with E-state index in [9.17, 15) is 10.1 Å². The molecule has 2 saturated heterocycles. The van der Waals surface area contributed by atoms with Gasteiger partial charge in [-0.05, 0) is 89.3 Å². The standard InChI is InChI=1S/C34H41N5O3/c1-22-7-8-26(31-23(2)36-42-24(31)3)15-30(22)39(28-11-9-27(10-12-28)34(21-35)13-14-34)18-25-16-37(17-25)29-19-38(20-29)32(40)41-33(4,5)6/h7-12,15,25,29H,13-14,16-20H2,1-6H3. The number of nitrogens with zero attached hydrogens (tertiary/aromatic N) is 5. The fraction of sp³-hybridized carbons (Fsp3) is 0.500. The summed E-state index contributed by atoms with van der Waals surface area (Å²) in [6.07, 6.45) is 1.66. The zero-order valence-corrected chi connectivity index (χ0v) is 25.6. The van der Waals surface area contributed by atoms with Gasteiger partial charge in [0.1, 0.15) is 11.4 Å². The smallest absolute Gasteiger partial charge is 0.410 e. The highest BCUT2D eigenvalue weighted by atomic mass is 16.6. The van der Waals surface area contributed by atoms with Gasteiger partial charge in [0.25, 0.3) is 0 Å². The molecule has 2 aromatic carbocycles. The van der Waals surface area contributed by atoms with Crippen LogP contribution in [0.15, 0.2) is 47.0 Å². The van der Waals surface area contributed by atoms with Crippen molar-refractivity contribution in [3.63, 3.8) is 0 Å². The molecule has 220 valence electrons.